The first-order chi connectivity index (χ1) is 9.54. The molecule has 0 amide bonds. The van der Waals surface area contributed by atoms with E-state index in [4.69, 9.17) is 0 Å². The summed E-state index contributed by atoms with van der Waals surface area (Å²) in [5, 5.41) is 0. The second-order valence-corrected chi connectivity index (χ2v) is 4.84. The van der Waals surface area contributed by atoms with Crippen molar-refractivity contribution in [1.29, 1.82) is 0 Å². The van der Waals surface area contributed by atoms with Gasteiger partial charge in [0.1, 0.15) is 5.82 Å². The molecular formula is C16H13FN2O. The number of carbonyl (C=O) groups excluding carboxylic acids is 1. The minimum absolute atomic E-state index is 0.154. The van der Waals surface area contributed by atoms with Gasteiger partial charge in [0, 0.05) is 30.6 Å². The summed E-state index contributed by atoms with van der Waals surface area (Å²) < 4.78 is 15.6. The largest absolute Gasteiger partial charge is 0.349 e. The van der Waals surface area contributed by atoms with Gasteiger partial charge in [0.05, 0.1) is 11.0 Å². The Morgan fingerprint density at radius 2 is 2.00 bits per heavy atom. The van der Waals surface area contributed by atoms with Crippen molar-refractivity contribution >= 4 is 16.8 Å². The minimum atomic E-state index is -0.417. The number of ketones is 1. The predicted molar refractivity (Wildman–Crippen MR) is 76.1 cm³/mol. The molecule has 100 valence electrons. The highest BCUT2D eigenvalue weighted by atomic mass is 19.1. The minimum Gasteiger partial charge on any atom is -0.349 e. The Bertz CT molecular complexity index is 820. The van der Waals surface area contributed by atoms with E-state index >= 15 is 0 Å². The molecule has 0 fully saturated rings. The van der Waals surface area contributed by atoms with Gasteiger partial charge >= 0.3 is 0 Å². The van der Waals surface area contributed by atoms with E-state index in [-0.39, 0.29) is 5.78 Å². The number of nitrogens with zero attached hydrogens (tertiary/aromatic N) is 2. The second-order valence-electron chi connectivity index (χ2n) is 4.84. The van der Waals surface area contributed by atoms with Gasteiger partial charge in [-0.3, -0.25) is 9.78 Å². The van der Waals surface area contributed by atoms with Crippen molar-refractivity contribution in [2.45, 2.75) is 6.92 Å². The molecule has 0 spiro atoms. The zero-order chi connectivity index (χ0) is 14.3. The molecule has 0 aliphatic carbocycles. The van der Waals surface area contributed by atoms with Crippen molar-refractivity contribution in [2.75, 3.05) is 0 Å². The van der Waals surface area contributed by atoms with Gasteiger partial charge in [-0.2, -0.15) is 0 Å². The van der Waals surface area contributed by atoms with E-state index in [0.29, 0.717) is 11.1 Å². The molecule has 2 heterocycles. The molecule has 3 rings (SSSR count). The molecule has 0 aliphatic rings. The number of hydrogen-bond acceptors (Lipinski definition) is 2. The SMILES string of the molecule is CC(=O)c1cc(F)cc(-c2cnc3ccn(C)c3c2)c1. The topological polar surface area (TPSA) is 34.9 Å². The highest BCUT2D eigenvalue weighted by Gasteiger charge is 2.08. The zero-order valence-corrected chi connectivity index (χ0v) is 11.2. The monoisotopic (exact) mass is 268 g/mol. The second kappa shape index (κ2) is 4.56. The van der Waals surface area contributed by atoms with Crippen LogP contribution in [0.1, 0.15) is 17.3 Å². The van der Waals surface area contributed by atoms with Crippen molar-refractivity contribution in [2.24, 2.45) is 7.05 Å². The Labute approximate surface area is 115 Å². The van der Waals surface area contributed by atoms with Crippen LogP contribution in [0.25, 0.3) is 22.2 Å². The maximum Gasteiger partial charge on any atom is 0.159 e. The van der Waals surface area contributed by atoms with Crippen LogP contribution in [0.2, 0.25) is 0 Å². The van der Waals surface area contributed by atoms with Crippen molar-refractivity contribution in [3.63, 3.8) is 0 Å². The smallest absolute Gasteiger partial charge is 0.159 e. The Kier molecular flexibility index (Phi) is 2.86. The van der Waals surface area contributed by atoms with Gasteiger partial charge in [-0.1, -0.05) is 0 Å². The average molecular weight is 268 g/mol. The Morgan fingerprint density at radius 3 is 2.75 bits per heavy atom. The Balaban J connectivity index is 2.19. The van der Waals surface area contributed by atoms with Crippen LogP contribution in [0.3, 0.4) is 0 Å². The quantitative estimate of drug-likeness (QED) is 0.666. The molecule has 0 atom stereocenters. The van der Waals surface area contributed by atoms with Crippen LogP contribution in [0, 0.1) is 5.82 Å². The van der Waals surface area contributed by atoms with E-state index in [2.05, 4.69) is 4.98 Å². The average Bonchev–Trinajstić information content (AvgIpc) is 2.79. The van der Waals surface area contributed by atoms with Crippen molar-refractivity contribution in [3.05, 3.63) is 54.1 Å². The van der Waals surface area contributed by atoms with Crippen molar-refractivity contribution < 1.29 is 9.18 Å². The van der Waals surface area contributed by atoms with Gasteiger partial charge in [0.25, 0.3) is 0 Å². The lowest BCUT2D eigenvalue weighted by atomic mass is 10.0. The fourth-order valence-corrected chi connectivity index (χ4v) is 2.25. The molecular weight excluding hydrogens is 255 g/mol. The van der Waals surface area contributed by atoms with Crippen LogP contribution in [-0.4, -0.2) is 15.3 Å². The summed E-state index contributed by atoms with van der Waals surface area (Å²) in [6.07, 6.45) is 3.62. The molecule has 2 aromatic heterocycles. The standard InChI is InChI=1S/C16H13FN2O/c1-10(20)11-5-12(7-14(17)6-11)13-8-16-15(18-9-13)3-4-19(16)2/h3-9H,1-2H3. The summed E-state index contributed by atoms with van der Waals surface area (Å²) in [7, 11) is 1.93. The molecule has 0 saturated heterocycles. The van der Waals surface area contributed by atoms with Gasteiger partial charge in [-0.05, 0) is 42.8 Å². The third kappa shape index (κ3) is 2.09. The molecule has 0 radical (unpaired) electrons. The molecule has 0 N–H and O–H groups in total. The number of Topliss-reactive ketones (excluding diaryl/α,β-unsaturated/α-hetero) is 1. The third-order valence-electron chi connectivity index (χ3n) is 3.37. The van der Waals surface area contributed by atoms with Gasteiger partial charge < -0.3 is 4.57 Å². The Hall–Kier alpha value is -2.49. The highest BCUT2D eigenvalue weighted by molar-refractivity contribution is 5.95. The lowest BCUT2D eigenvalue weighted by Gasteiger charge is -2.05. The summed E-state index contributed by atoms with van der Waals surface area (Å²) in [4.78, 5) is 15.8. The number of fused-ring (bicyclic) bond motifs is 1. The van der Waals surface area contributed by atoms with E-state index in [0.717, 1.165) is 16.6 Å². The molecule has 0 saturated carbocycles. The van der Waals surface area contributed by atoms with E-state index in [1.165, 1.54) is 19.1 Å². The molecule has 0 unspecified atom stereocenters. The van der Waals surface area contributed by atoms with Crippen molar-refractivity contribution in [1.82, 2.24) is 9.55 Å². The number of benzene rings is 1. The first-order valence-electron chi connectivity index (χ1n) is 6.27. The van der Waals surface area contributed by atoms with Crippen LogP contribution in [0.15, 0.2) is 42.7 Å². The summed E-state index contributed by atoms with van der Waals surface area (Å²) in [6.45, 7) is 1.43. The number of carbonyl (C=O) groups is 1. The molecule has 1 aromatic carbocycles. The number of halogens is 1. The fraction of sp³-hybridized carbons (Fsp3) is 0.125. The lowest BCUT2D eigenvalue weighted by molar-refractivity contribution is 0.101. The summed E-state index contributed by atoms with van der Waals surface area (Å²) in [5.74, 6) is -0.571. The predicted octanol–water partition coefficient (Wildman–Crippen LogP) is 3.58. The summed E-state index contributed by atoms with van der Waals surface area (Å²) in [6, 6.07) is 8.22. The number of aryl methyl sites for hydroxylation is 1. The number of hydrogen-bond donors (Lipinski definition) is 0. The molecule has 0 aliphatic heterocycles. The number of rotatable bonds is 2. The van der Waals surface area contributed by atoms with Crippen LogP contribution in [0.5, 0.6) is 0 Å². The first kappa shape index (κ1) is 12.5. The van der Waals surface area contributed by atoms with Gasteiger partial charge in [0.2, 0.25) is 0 Å². The van der Waals surface area contributed by atoms with E-state index in [9.17, 15) is 9.18 Å². The van der Waals surface area contributed by atoms with Gasteiger partial charge in [0.15, 0.2) is 5.78 Å². The summed E-state index contributed by atoms with van der Waals surface area (Å²) in [5.41, 5.74) is 3.68. The molecule has 4 heteroatoms. The molecule has 3 nitrogen and oxygen atoms in total. The van der Waals surface area contributed by atoms with Crippen LogP contribution >= 0.6 is 0 Å². The zero-order valence-electron chi connectivity index (χ0n) is 11.2. The van der Waals surface area contributed by atoms with Crippen LogP contribution in [0.4, 0.5) is 4.39 Å². The maximum atomic E-state index is 13.6. The van der Waals surface area contributed by atoms with E-state index in [1.807, 2.05) is 29.9 Å². The van der Waals surface area contributed by atoms with Crippen LogP contribution < -0.4 is 0 Å². The normalized spacial score (nSPS) is 10.9. The van der Waals surface area contributed by atoms with E-state index in [1.54, 1.807) is 12.3 Å². The highest BCUT2D eigenvalue weighted by Crippen LogP contribution is 2.25. The first-order valence-corrected chi connectivity index (χ1v) is 6.27. The molecule has 3 aromatic rings. The summed E-state index contributed by atoms with van der Waals surface area (Å²) >= 11 is 0. The Morgan fingerprint density at radius 1 is 1.20 bits per heavy atom. The number of aromatic nitrogens is 2. The van der Waals surface area contributed by atoms with E-state index < -0.39 is 5.82 Å². The number of pyridine rings is 1. The third-order valence-corrected chi connectivity index (χ3v) is 3.37. The maximum absolute atomic E-state index is 13.6. The molecule has 20 heavy (non-hydrogen) atoms. The van der Waals surface area contributed by atoms with Gasteiger partial charge in [-0.15, -0.1) is 0 Å². The fourth-order valence-electron chi connectivity index (χ4n) is 2.25. The van der Waals surface area contributed by atoms with Gasteiger partial charge in [-0.25, -0.2) is 4.39 Å². The van der Waals surface area contributed by atoms with Crippen LogP contribution in [-0.2, 0) is 7.05 Å². The lowest BCUT2D eigenvalue weighted by Crippen LogP contribution is -1.95. The van der Waals surface area contributed by atoms with Crippen molar-refractivity contribution in [3.8, 4) is 11.1 Å². The molecule has 0 bridgehead atoms.